The largest absolute Gasteiger partial charge is 0.382 e. The van der Waals surface area contributed by atoms with Crippen LogP contribution in [0.4, 0.5) is 5.82 Å². The van der Waals surface area contributed by atoms with Crippen molar-refractivity contribution < 1.29 is 0 Å². The third-order valence-corrected chi connectivity index (χ3v) is 2.07. The van der Waals surface area contributed by atoms with Crippen molar-refractivity contribution in [3.63, 3.8) is 0 Å². The molecule has 3 nitrogen and oxygen atoms in total. The van der Waals surface area contributed by atoms with Crippen LogP contribution in [0.25, 0.3) is 5.52 Å². The first-order valence-corrected chi connectivity index (χ1v) is 3.90. The highest BCUT2D eigenvalue weighted by Crippen LogP contribution is 2.17. The number of pyridine rings is 1. The number of nitrogens with two attached hydrogens (primary N) is 1. The molecular weight excluding hydrogens is 150 g/mol. The van der Waals surface area contributed by atoms with E-state index in [-0.39, 0.29) is 0 Å². The monoisotopic (exact) mass is 161 g/mol. The summed E-state index contributed by atoms with van der Waals surface area (Å²) in [5, 5.41) is 0. The minimum atomic E-state index is 0.616. The summed E-state index contributed by atoms with van der Waals surface area (Å²) >= 11 is 0. The summed E-state index contributed by atoms with van der Waals surface area (Å²) in [6, 6.07) is 4.03. The zero-order valence-corrected chi connectivity index (χ0v) is 7.20. The van der Waals surface area contributed by atoms with E-state index in [1.165, 1.54) is 0 Å². The molecule has 0 radical (unpaired) electrons. The van der Waals surface area contributed by atoms with Gasteiger partial charge in [-0.25, -0.2) is 4.98 Å². The van der Waals surface area contributed by atoms with E-state index in [1.54, 1.807) is 0 Å². The Morgan fingerprint density at radius 3 is 2.83 bits per heavy atom. The number of nitrogens with zero attached hydrogens (tertiary/aromatic N) is 2. The molecule has 0 aliphatic heterocycles. The lowest BCUT2D eigenvalue weighted by molar-refractivity contribution is 1.04. The molecule has 0 unspecified atom stereocenters. The van der Waals surface area contributed by atoms with Crippen LogP contribution in [-0.2, 0) is 0 Å². The van der Waals surface area contributed by atoms with Gasteiger partial charge in [-0.1, -0.05) is 6.07 Å². The highest BCUT2D eigenvalue weighted by molar-refractivity contribution is 5.70. The zero-order valence-electron chi connectivity index (χ0n) is 7.20. The van der Waals surface area contributed by atoms with E-state index in [4.69, 9.17) is 5.73 Å². The number of aryl methyl sites for hydroxylation is 2. The van der Waals surface area contributed by atoms with E-state index < -0.39 is 0 Å². The fourth-order valence-corrected chi connectivity index (χ4v) is 1.49. The maximum atomic E-state index is 5.75. The Hall–Kier alpha value is -1.51. The molecule has 0 atom stereocenters. The van der Waals surface area contributed by atoms with Crippen molar-refractivity contribution in [2.24, 2.45) is 0 Å². The van der Waals surface area contributed by atoms with Crippen molar-refractivity contribution in [1.29, 1.82) is 0 Å². The van der Waals surface area contributed by atoms with Crippen LogP contribution in [-0.4, -0.2) is 9.38 Å². The Labute approximate surface area is 70.8 Å². The number of aromatic nitrogens is 2. The van der Waals surface area contributed by atoms with E-state index in [9.17, 15) is 0 Å². The predicted molar refractivity (Wildman–Crippen MR) is 49.1 cm³/mol. The van der Waals surface area contributed by atoms with Gasteiger partial charge in [0, 0.05) is 6.20 Å². The Kier molecular flexibility index (Phi) is 1.33. The maximum Gasteiger partial charge on any atom is 0.150 e. The van der Waals surface area contributed by atoms with Gasteiger partial charge in [-0.3, -0.25) is 0 Å². The van der Waals surface area contributed by atoms with Gasteiger partial charge in [0.2, 0.25) is 0 Å². The highest BCUT2D eigenvalue weighted by atomic mass is 15.1. The van der Waals surface area contributed by atoms with Gasteiger partial charge < -0.3 is 10.1 Å². The molecule has 0 bridgehead atoms. The van der Waals surface area contributed by atoms with Crippen molar-refractivity contribution in [3.8, 4) is 0 Å². The first-order chi connectivity index (χ1) is 5.70. The second-order valence-corrected chi connectivity index (χ2v) is 2.95. The number of fused-ring (bicyclic) bond motifs is 1. The van der Waals surface area contributed by atoms with Gasteiger partial charge in [0.1, 0.15) is 11.6 Å². The van der Waals surface area contributed by atoms with Crippen LogP contribution >= 0.6 is 0 Å². The summed E-state index contributed by atoms with van der Waals surface area (Å²) in [4.78, 5) is 4.19. The zero-order chi connectivity index (χ0) is 8.72. The molecule has 0 aliphatic rings. The number of hydrogen-bond donors (Lipinski definition) is 1. The lowest BCUT2D eigenvalue weighted by Gasteiger charge is -1.98. The predicted octanol–water partition coefficient (Wildman–Crippen LogP) is 1.53. The van der Waals surface area contributed by atoms with E-state index in [0.29, 0.717) is 5.82 Å². The molecule has 2 N–H and O–H groups in total. The van der Waals surface area contributed by atoms with E-state index in [2.05, 4.69) is 4.98 Å². The van der Waals surface area contributed by atoms with Crippen LogP contribution in [0.5, 0.6) is 0 Å². The van der Waals surface area contributed by atoms with Gasteiger partial charge in [0.15, 0.2) is 0 Å². The SMILES string of the molecule is Cc1cccn2c(C)nc(N)c12. The molecule has 0 amide bonds. The average molecular weight is 161 g/mol. The molecule has 62 valence electrons. The van der Waals surface area contributed by atoms with Gasteiger partial charge in [-0.15, -0.1) is 0 Å². The Balaban J connectivity index is 2.99. The smallest absolute Gasteiger partial charge is 0.150 e. The first-order valence-electron chi connectivity index (χ1n) is 3.90. The Bertz CT molecular complexity index is 429. The van der Waals surface area contributed by atoms with E-state index >= 15 is 0 Å². The summed E-state index contributed by atoms with van der Waals surface area (Å²) in [6.07, 6.45) is 1.97. The summed E-state index contributed by atoms with van der Waals surface area (Å²) in [6.45, 7) is 3.98. The normalized spacial score (nSPS) is 10.8. The molecule has 0 fully saturated rings. The summed E-state index contributed by atoms with van der Waals surface area (Å²) < 4.78 is 2.00. The maximum absolute atomic E-state index is 5.75. The second-order valence-electron chi connectivity index (χ2n) is 2.95. The number of imidazole rings is 1. The van der Waals surface area contributed by atoms with Gasteiger partial charge in [0.05, 0.1) is 5.52 Å². The van der Waals surface area contributed by atoms with Gasteiger partial charge in [-0.2, -0.15) is 0 Å². The van der Waals surface area contributed by atoms with Crippen LogP contribution < -0.4 is 5.73 Å². The molecule has 0 aromatic carbocycles. The summed E-state index contributed by atoms with van der Waals surface area (Å²) in [5.74, 6) is 1.55. The number of anilines is 1. The fraction of sp³-hybridized carbons (Fsp3) is 0.222. The molecule has 2 rings (SSSR count). The van der Waals surface area contributed by atoms with Crippen LogP contribution in [0.15, 0.2) is 18.3 Å². The van der Waals surface area contributed by atoms with Crippen molar-refractivity contribution in [2.45, 2.75) is 13.8 Å². The standard InChI is InChI=1S/C9H11N3/c1-6-4-3-5-12-7(2)11-9(10)8(6)12/h3-5H,10H2,1-2H3. The number of nitrogen functional groups attached to an aromatic ring is 1. The number of hydrogen-bond acceptors (Lipinski definition) is 2. The van der Waals surface area contributed by atoms with Crippen LogP contribution in [0.3, 0.4) is 0 Å². The molecule has 2 aromatic heterocycles. The van der Waals surface area contributed by atoms with Crippen LogP contribution in [0.1, 0.15) is 11.4 Å². The molecule has 2 aromatic rings. The minimum Gasteiger partial charge on any atom is -0.382 e. The minimum absolute atomic E-state index is 0.616. The van der Waals surface area contributed by atoms with Crippen molar-refractivity contribution >= 4 is 11.3 Å². The molecule has 0 aliphatic carbocycles. The van der Waals surface area contributed by atoms with E-state index in [0.717, 1.165) is 16.9 Å². The quantitative estimate of drug-likeness (QED) is 0.636. The third-order valence-electron chi connectivity index (χ3n) is 2.07. The summed E-state index contributed by atoms with van der Waals surface area (Å²) in [5.41, 5.74) is 7.93. The van der Waals surface area contributed by atoms with E-state index in [1.807, 2.05) is 36.6 Å². The van der Waals surface area contributed by atoms with Crippen LogP contribution in [0.2, 0.25) is 0 Å². The lowest BCUT2D eigenvalue weighted by Crippen LogP contribution is -1.89. The molecular formula is C9H11N3. The summed E-state index contributed by atoms with van der Waals surface area (Å²) in [7, 11) is 0. The van der Waals surface area contributed by atoms with Gasteiger partial charge in [-0.05, 0) is 25.5 Å². The molecule has 12 heavy (non-hydrogen) atoms. The topological polar surface area (TPSA) is 43.3 Å². The van der Waals surface area contributed by atoms with Crippen molar-refractivity contribution in [3.05, 3.63) is 29.7 Å². The third kappa shape index (κ3) is 0.794. The first kappa shape index (κ1) is 7.16. The lowest BCUT2D eigenvalue weighted by atomic mass is 10.2. The van der Waals surface area contributed by atoms with Crippen molar-refractivity contribution in [1.82, 2.24) is 9.38 Å². The van der Waals surface area contributed by atoms with Crippen molar-refractivity contribution in [2.75, 3.05) is 5.73 Å². The second kappa shape index (κ2) is 2.24. The van der Waals surface area contributed by atoms with Gasteiger partial charge in [0.25, 0.3) is 0 Å². The molecule has 0 spiro atoms. The Morgan fingerprint density at radius 1 is 1.42 bits per heavy atom. The molecule has 0 saturated carbocycles. The Morgan fingerprint density at radius 2 is 2.17 bits per heavy atom. The number of rotatable bonds is 0. The highest BCUT2D eigenvalue weighted by Gasteiger charge is 2.05. The fourth-order valence-electron chi connectivity index (χ4n) is 1.49. The molecule has 3 heteroatoms. The molecule has 0 saturated heterocycles. The molecule has 2 heterocycles. The van der Waals surface area contributed by atoms with Crippen LogP contribution in [0, 0.1) is 13.8 Å². The average Bonchev–Trinajstić information content (AvgIpc) is 2.29. The van der Waals surface area contributed by atoms with Gasteiger partial charge >= 0.3 is 0 Å².